The minimum absolute atomic E-state index is 0.431. The third-order valence-corrected chi connectivity index (χ3v) is 3.96. The van der Waals surface area contributed by atoms with Crippen molar-refractivity contribution in [2.24, 2.45) is 5.92 Å². The summed E-state index contributed by atoms with van der Waals surface area (Å²) < 4.78 is 0. The predicted octanol–water partition coefficient (Wildman–Crippen LogP) is 4.44. The Morgan fingerprint density at radius 1 is 1.18 bits per heavy atom. The molecule has 0 radical (unpaired) electrons. The SMILES string of the molecule is ClCC(Cc1ccc(Cl)cc1)Cc1cscn1. The Morgan fingerprint density at radius 3 is 2.53 bits per heavy atom. The van der Waals surface area contributed by atoms with E-state index in [4.69, 9.17) is 23.2 Å². The first-order chi connectivity index (χ1) is 8.28. The zero-order chi connectivity index (χ0) is 12.1. The van der Waals surface area contributed by atoms with Crippen molar-refractivity contribution in [1.82, 2.24) is 4.98 Å². The molecule has 2 aromatic rings. The molecule has 0 spiro atoms. The maximum atomic E-state index is 6.02. The molecular formula is C13H13Cl2NS. The Labute approximate surface area is 115 Å². The van der Waals surface area contributed by atoms with Gasteiger partial charge in [0.2, 0.25) is 0 Å². The molecule has 17 heavy (non-hydrogen) atoms. The van der Waals surface area contributed by atoms with Gasteiger partial charge in [-0.15, -0.1) is 22.9 Å². The standard InChI is InChI=1S/C13H13Cl2NS/c14-7-11(6-13-8-17-9-16-13)5-10-1-3-12(15)4-2-10/h1-4,8-9,11H,5-7H2. The lowest BCUT2D eigenvalue weighted by Gasteiger charge is -2.12. The van der Waals surface area contributed by atoms with Crippen LogP contribution >= 0.6 is 34.5 Å². The quantitative estimate of drug-likeness (QED) is 0.741. The molecule has 1 unspecified atom stereocenters. The second-order valence-corrected chi connectivity index (χ2v) is 5.50. The molecule has 0 bridgehead atoms. The second kappa shape index (κ2) is 6.39. The third kappa shape index (κ3) is 3.98. The van der Waals surface area contributed by atoms with E-state index in [9.17, 15) is 0 Å². The van der Waals surface area contributed by atoms with Crippen molar-refractivity contribution in [2.45, 2.75) is 12.8 Å². The smallest absolute Gasteiger partial charge is 0.0794 e. The van der Waals surface area contributed by atoms with Gasteiger partial charge < -0.3 is 0 Å². The fourth-order valence-electron chi connectivity index (χ4n) is 1.77. The number of benzene rings is 1. The third-order valence-electron chi connectivity index (χ3n) is 2.64. The van der Waals surface area contributed by atoms with Gasteiger partial charge in [0.1, 0.15) is 0 Å². The van der Waals surface area contributed by atoms with Crippen molar-refractivity contribution in [1.29, 1.82) is 0 Å². The summed E-state index contributed by atoms with van der Waals surface area (Å²) in [4.78, 5) is 4.30. The zero-order valence-corrected chi connectivity index (χ0v) is 11.6. The maximum Gasteiger partial charge on any atom is 0.0794 e. The fourth-order valence-corrected chi connectivity index (χ4v) is 2.68. The van der Waals surface area contributed by atoms with Crippen LogP contribution < -0.4 is 0 Å². The van der Waals surface area contributed by atoms with Gasteiger partial charge in [-0.2, -0.15) is 0 Å². The van der Waals surface area contributed by atoms with Gasteiger partial charge in [-0.05, 0) is 36.5 Å². The molecule has 90 valence electrons. The minimum Gasteiger partial charge on any atom is -0.250 e. The van der Waals surface area contributed by atoms with Gasteiger partial charge in [0.25, 0.3) is 0 Å². The van der Waals surface area contributed by atoms with E-state index in [2.05, 4.69) is 22.5 Å². The lowest BCUT2D eigenvalue weighted by Crippen LogP contribution is -2.10. The molecular weight excluding hydrogens is 273 g/mol. The van der Waals surface area contributed by atoms with Crippen molar-refractivity contribution >= 4 is 34.5 Å². The van der Waals surface area contributed by atoms with Crippen molar-refractivity contribution in [2.75, 3.05) is 5.88 Å². The fraction of sp³-hybridized carbons (Fsp3) is 0.308. The lowest BCUT2D eigenvalue weighted by atomic mass is 9.97. The van der Waals surface area contributed by atoms with E-state index in [-0.39, 0.29) is 0 Å². The number of thiazole rings is 1. The molecule has 0 amide bonds. The van der Waals surface area contributed by atoms with Gasteiger partial charge >= 0.3 is 0 Å². The Hall–Kier alpha value is -0.570. The van der Waals surface area contributed by atoms with E-state index >= 15 is 0 Å². The monoisotopic (exact) mass is 285 g/mol. The van der Waals surface area contributed by atoms with E-state index < -0.39 is 0 Å². The zero-order valence-electron chi connectivity index (χ0n) is 9.27. The molecule has 0 saturated heterocycles. The summed E-state index contributed by atoms with van der Waals surface area (Å²) in [6.45, 7) is 0. The number of alkyl halides is 1. The predicted molar refractivity (Wildman–Crippen MR) is 75.2 cm³/mol. The number of aromatic nitrogens is 1. The van der Waals surface area contributed by atoms with Crippen molar-refractivity contribution in [3.8, 4) is 0 Å². The first-order valence-electron chi connectivity index (χ1n) is 5.45. The van der Waals surface area contributed by atoms with E-state index in [1.54, 1.807) is 11.3 Å². The van der Waals surface area contributed by atoms with Crippen molar-refractivity contribution in [3.63, 3.8) is 0 Å². The molecule has 1 nitrogen and oxygen atoms in total. The van der Waals surface area contributed by atoms with Gasteiger partial charge in [-0.25, -0.2) is 4.98 Å². The van der Waals surface area contributed by atoms with Gasteiger partial charge in [0, 0.05) is 16.3 Å². The highest BCUT2D eigenvalue weighted by Crippen LogP contribution is 2.18. The lowest BCUT2D eigenvalue weighted by molar-refractivity contribution is 0.577. The van der Waals surface area contributed by atoms with E-state index in [1.807, 2.05) is 17.6 Å². The highest BCUT2D eigenvalue weighted by molar-refractivity contribution is 7.07. The van der Waals surface area contributed by atoms with Crippen LogP contribution in [0, 0.1) is 5.92 Å². The van der Waals surface area contributed by atoms with E-state index in [0.29, 0.717) is 11.8 Å². The van der Waals surface area contributed by atoms with E-state index in [0.717, 1.165) is 23.6 Å². The maximum absolute atomic E-state index is 6.02. The Balaban J connectivity index is 1.97. The molecule has 2 rings (SSSR count). The normalized spacial score (nSPS) is 12.6. The molecule has 1 aromatic heterocycles. The van der Waals surface area contributed by atoms with Crippen LogP contribution in [-0.2, 0) is 12.8 Å². The molecule has 4 heteroatoms. The van der Waals surface area contributed by atoms with Crippen molar-refractivity contribution in [3.05, 3.63) is 51.4 Å². The first kappa shape index (κ1) is 12.9. The summed E-state index contributed by atoms with van der Waals surface area (Å²) >= 11 is 13.5. The second-order valence-electron chi connectivity index (χ2n) is 4.03. The molecule has 0 saturated carbocycles. The molecule has 0 aliphatic heterocycles. The van der Waals surface area contributed by atoms with Crippen LogP contribution in [0.5, 0.6) is 0 Å². The molecule has 0 aliphatic carbocycles. The van der Waals surface area contributed by atoms with Gasteiger partial charge in [0.15, 0.2) is 0 Å². The van der Waals surface area contributed by atoms with Crippen LogP contribution in [0.2, 0.25) is 5.02 Å². The summed E-state index contributed by atoms with van der Waals surface area (Å²) in [6.07, 6.45) is 1.91. The van der Waals surface area contributed by atoms with Crippen LogP contribution in [0.25, 0.3) is 0 Å². The average Bonchev–Trinajstić information content (AvgIpc) is 2.84. The number of rotatable bonds is 5. The number of halogens is 2. The molecule has 0 fully saturated rings. The summed E-state index contributed by atoms with van der Waals surface area (Å²) in [5.41, 5.74) is 4.27. The average molecular weight is 286 g/mol. The van der Waals surface area contributed by atoms with Gasteiger partial charge in [-0.1, -0.05) is 23.7 Å². The van der Waals surface area contributed by atoms with Crippen LogP contribution in [-0.4, -0.2) is 10.9 Å². The number of hydrogen-bond donors (Lipinski definition) is 0. The molecule has 1 atom stereocenters. The largest absolute Gasteiger partial charge is 0.250 e. The Morgan fingerprint density at radius 2 is 1.94 bits per heavy atom. The van der Waals surface area contributed by atoms with Crippen molar-refractivity contribution < 1.29 is 0 Å². The van der Waals surface area contributed by atoms with Crippen LogP contribution in [0.15, 0.2) is 35.2 Å². The topological polar surface area (TPSA) is 12.9 Å². The Kier molecular flexibility index (Phi) is 4.84. The number of hydrogen-bond acceptors (Lipinski definition) is 2. The van der Waals surface area contributed by atoms with Crippen LogP contribution in [0.1, 0.15) is 11.3 Å². The van der Waals surface area contributed by atoms with Crippen LogP contribution in [0.4, 0.5) is 0 Å². The highest BCUT2D eigenvalue weighted by Gasteiger charge is 2.10. The Bertz CT molecular complexity index is 439. The molecule has 0 N–H and O–H groups in total. The molecule has 1 aromatic carbocycles. The first-order valence-corrected chi connectivity index (χ1v) is 7.31. The summed E-state index contributed by atoms with van der Waals surface area (Å²) in [5.74, 6) is 1.08. The van der Waals surface area contributed by atoms with Gasteiger partial charge in [0.05, 0.1) is 11.2 Å². The summed E-state index contributed by atoms with van der Waals surface area (Å²) in [6, 6.07) is 7.96. The highest BCUT2D eigenvalue weighted by atomic mass is 35.5. The summed E-state index contributed by atoms with van der Waals surface area (Å²) in [5, 5.41) is 2.86. The number of nitrogens with zero attached hydrogens (tertiary/aromatic N) is 1. The van der Waals surface area contributed by atoms with Crippen LogP contribution in [0.3, 0.4) is 0 Å². The molecule has 1 heterocycles. The minimum atomic E-state index is 0.431. The molecule has 0 aliphatic rings. The van der Waals surface area contributed by atoms with E-state index in [1.165, 1.54) is 5.56 Å². The van der Waals surface area contributed by atoms with Gasteiger partial charge in [-0.3, -0.25) is 0 Å². The summed E-state index contributed by atoms with van der Waals surface area (Å²) in [7, 11) is 0.